The highest BCUT2D eigenvalue weighted by Crippen LogP contribution is 1.92. The van der Waals surface area contributed by atoms with Gasteiger partial charge in [0, 0.05) is 0 Å². The fraction of sp³-hybridized carbons (Fsp3) is 0.667. The Bertz CT molecular complexity index is 206. The average Bonchev–Trinajstić information content (AvgIpc) is 1.62. The molecule has 0 saturated heterocycles. The van der Waals surface area contributed by atoms with Crippen LogP contribution in [0.15, 0.2) is 0 Å². The molecule has 0 aromatic heterocycles. The van der Waals surface area contributed by atoms with Gasteiger partial charge in [0.1, 0.15) is 0 Å². The average molecular weight is 153 g/mol. The van der Waals surface area contributed by atoms with Crippen LogP contribution in [0.2, 0.25) is 0 Å². The summed E-state index contributed by atoms with van der Waals surface area (Å²) in [7, 11) is -3.90. The van der Waals surface area contributed by atoms with Gasteiger partial charge in [-0.25, -0.2) is 13.6 Å². The van der Waals surface area contributed by atoms with Gasteiger partial charge in [-0.1, -0.05) is 0 Å². The number of hydrogen-bond donors (Lipinski definition) is 2. The summed E-state index contributed by atoms with van der Waals surface area (Å²) >= 11 is 0. The number of rotatable bonds is 2. The van der Waals surface area contributed by atoms with Crippen LogP contribution in [0.5, 0.6) is 0 Å². The largest absolute Gasteiger partial charge is 0.480 e. The molecular formula is C3H7NO4S. The summed E-state index contributed by atoms with van der Waals surface area (Å²) < 4.78 is 20.3. The van der Waals surface area contributed by atoms with Crippen molar-refractivity contribution < 1.29 is 18.3 Å². The van der Waals surface area contributed by atoms with Crippen molar-refractivity contribution in [2.75, 3.05) is 0 Å². The Morgan fingerprint density at radius 3 is 2.00 bits per heavy atom. The van der Waals surface area contributed by atoms with E-state index in [1.165, 1.54) is 0 Å². The molecule has 0 fully saturated rings. The highest BCUT2D eigenvalue weighted by Gasteiger charge is 2.22. The van der Waals surface area contributed by atoms with Crippen LogP contribution in [0.25, 0.3) is 0 Å². The Morgan fingerprint density at radius 2 is 2.00 bits per heavy atom. The van der Waals surface area contributed by atoms with E-state index in [0.717, 1.165) is 6.92 Å². The van der Waals surface area contributed by atoms with Crippen molar-refractivity contribution in [3.8, 4) is 0 Å². The summed E-state index contributed by atoms with van der Waals surface area (Å²) in [6, 6.07) is 0. The molecule has 0 aliphatic rings. The first-order valence-electron chi connectivity index (χ1n) is 2.10. The van der Waals surface area contributed by atoms with E-state index in [4.69, 9.17) is 5.11 Å². The third-order valence-corrected chi connectivity index (χ3v) is 2.03. The molecule has 0 spiro atoms. The molecular weight excluding hydrogens is 146 g/mol. The number of nitrogens with two attached hydrogens (primary N) is 1. The highest BCUT2D eigenvalue weighted by atomic mass is 32.2. The van der Waals surface area contributed by atoms with Gasteiger partial charge in [-0.3, -0.25) is 4.79 Å². The molecule has 0 radical (unpaired) electrons. The quantitative estimate of drug-likeness (QED) is 0.517. The maximum Gasteiger partial charge on any atom is 0.323 e. The maximum absolute atomic E-state index is 10.2. The van der Waals surface area contributed by atoms with Crippen molar-refractivity contribution in [3.63, 3.8) is 0 Å². The normalized spacial score (nSPS) is 14.9. The summed E-state index contributed by atoms with van der Waals surface area (Å²) in [5.74, 6) is -1.43. The smallest absolute Gasteiger partial charge is 0.323 e. The second-order valence-electron chi connectivity index (χ2n) is 1.57. The standard InChI is InChI=1S/C3H7NO4S/c1-2(3(5)6)9(4,7)8/h2H,1H3,(H,5,6)(H2,4,7,8). The van der Waals surface area contributed by atoms with Gasteiger partial charge in [-0.15, -0.1) is 0 Å². The zero-order valence-electron chi connectivity index (χ0n) is 4.73. The van der Waals surface area contributed by atoms with E-state index >= 15 is 0 Å². The summed E-state index contributed by atoms with van der Waals surface area (Å²) in [6.45, 7) is 1.01. The summed E-state index contributed by atoms with van der Waals surface area (Å²) in [5.41, 5.74) is 0. The lowest BCUT2D eigenvalue weighted by molar-refractivity contribution is -0.136. The Balaban J connectivity index is 4.43. The number of carboxylic acid groups (broad SMARTS) is 1. The van der Waals surface area contributed by atoms with Crippen LogP contribution in [0.3, 0.4) is 0 Å². The van der Waals surface area contributed by atoms with E-state index in [2.05, 4.69) is 5.14 Å². The van der Waals surface area contributed by atoms with E-state index in [1.807, 2.05) is 0 Å². The maximum atomic E-state index is 10.2. The van der Waals surface area contributed by atoms with E-state index in [-0.39, 0.29) is 0 Å². The van der Waals surface area contributed by atoms with Crippen molar-refractivity contribution >= 4 is 16.0 Å². The Hall–Kier alpha value is -0.620. The molecule has 0 aromatic rings. The van der Waals surface area contributed by atoms with E-state index in [1.54, 1.807) is 0 Å². The lowest BCUT2D eigenvalue weighted by atomic mass is 10.5. The van der Waals surface area contributed by atoms with Gasteiger partial charge in [0.25, 0.3) is 0 Å². The molecule has 0 rings (SSSR count). The van der Waals surface area contributed by atoms with E-state index in [0.29, 0.717) is 0 Å². The summed E-state index contributed by atoms with van der Waals surface area (Å²) in [4.78, 5) is 9.89. The van der Waals surface area contributed by atoms with Crippen LogP contribution >= 0.6 is 0 Å². The second kappa shape index (κ2) is 2.32. The van der Waals surface area contributed by atoms with Gasteiger partial charge >= 0.3 is 5.97 Å². The van der Waals surface area contributed by atoms with E-state index in [9.17, 15) is 13.2 Å². The molecule has 0 heterocycles. The number of carboxylic acids is 1. The molecule has 9 heavy (non-hydrogen) atoms. The molecule has 6 heteroatoms. The second-order valence-corrected chi connectivity index (χ2v) is 3.45. The number of carbonyl (C=O) groups is 1. The number of primary sulfonamides is 1. The molecule has 1 unspecified atom stereocenters. The van der Waals surface area contributed by atoms with Crippen LogP contribution in [0, 0.1) is 0 Å². The molecule has 0 saturated carbocycles. The predicted octanol–water partition coefficient (Wildman–Crippen LogP) is -1.25. The van der Waals surface area contributed by atoms with Crippen molar-refractivity contribution in [1.29, 1.82) is 0 Å². The van der Waals surface area contributed by atoms with Gasteiger partial charge in [0.2, 0.25) is 10.0 Å². The predicted molar refractivity (Wildman–Crippen MR) is 30.2 cm³/mol. The Morgan fingerprint density at radius 1 is 1.67 bits per heavy atom. The highest BCUT2D eigenvalue weighted by molar-refractivity contribution is 7.90. The Kier molecular flexibility index (Phi) is 2.16. The number of hydrogen-bond acceptors (Lipinski definition) is 3. The molecule has 0 aliphatic heterocycles. The van der Waals surface area contributed by atoms with E-state index < -0.39 is 21.2 Å². The molecule has 0 aromatic carbocycles. The van der Waals surface area contributed by atoms with Crippen molar-refractivity contribution in [1.82, 2.24) is 0 Å². The summed E-state index contributed by atoms with van der Waals surface area (Å²) in [5, 5.41) is 11.0. The van der Waals surface area contributed by atoms with Gasteiger partial charge in [0.15, 0.2) is 5.25 Å². The third-order valence-electron chi connectivity index (χ3n) is 0.841. The minimum absolute atomic E-state index is 1.01. The molecule has 3 N–H and O–H groups in total. The number of aliphatic carboxylic acids is 1. The fourth-order valence-electron chi connectivity index (χ4n) is 0.141. The Labute approximate surface area is 52.5 Å². The minimum Gasteiger partial charge on any atom is -0.480 e. The van der Waals surface area contributed by atoms with Crippen LogP contribution in [-0.2, 0) is 14.8 Å². The van der Waals surface area contributed by atoms with Crippen LogP contribution < -0.4 is 5.14 Å². The zero-order chi connectivity index (χ0) is 7.65. The molecule has 0 bridgehead atoms. The topological polar surface area (TPSA) is 97.5 Å². The molecule has 1 atom stereocenters. The molecule has 0 amide bonds. The van der Waals surface area contributed by atoms with Crippen LogP contribution in [0.4, 0.5) is 0 Å². The molecule has 0 aliphatic carbocycles. The van der Waals surface area contributed by atoms with Gasteiger partial charge in [-0.05, 0) is 6.92 Å². The van der Waals surface area contributed by atoms with Crippen LogP contribution in [-0.4, -0.2) is 24.7 Å². The first kappa shape index (κ1) is 8.38. The number of sulfonamides is 1. The van der Waals surface area contributed by atoms with Gasteiger partial charge < -0.3 is 5.11 Å². The minimum atomic E-state index is -3.90. The molecule has 5 nitrogen and oxygen atoms in total. The SMILES string of the molecule is CC(C(=O)O)S(N)(=O)=O. The van der Waals surface area contributed by atoms with Crippen molar-refractivity contribution in [2.24, 2.45) is 5.14 Å². The summed E-state index contributed by atoms with van der Waals surface area (Å²) in [6.07, 6.45) is 0. The van der Waals surface area contributed by atoms with Gasteiger partial charge in [-0.2, -0.15) is 0 Å². The van der Waals surface area contributed by atoms with Crippen LogP contribution in [0.1, 0.15) is 6.92 Å². The third kappa shape index (κ3) is 2.43. The van der Waals surface area contributed by atoms with Crippen molar-refractivity contribution in [3.05, 3.63) is 0 Å². The van der Waals surface area contributed by atoms with Gasteiger partial charge in [0.05, 0.1) is 0 Å². The first-order chi connectivity index (χ1) is 3.85. The monoisotopic (exact) mass is 153 g/mol. The lowest BCUT2D eigenvalue weighted by Gasteiger charge is -1.99. The lowest BCUT2D eigenvalue weighted by Crippen LogP contribution is -2.32. The first-order valence-corrected chi connectivity index (χ1v) is 3.71. The zero-order valence-corrected chi connectivity index (χ0v) is 5.55. The molecule has 54 valence electrons. The fourth-order valence-corrected chi connectivity index (χ4v) is 0.422. The van der Waals surface area contributed by atoms with Crippen molar-refractivity contribution in [2.45, 2.75) is 12.2 Å².